The number of fused-ring (bicyclic) bond motifs is 1. The number of hydrogen-bond donors (Lipinski definition) is 2. The van der Waals surface area contributed by atoms with E-state index < -0.39 is 17.8 Å². The summed E-state index contributed by atoms with van der Waals surface area (Å²) >= 11 is 1.46. The van der Waals surface area contributed by atoms with Gasteiger partial charge in [-0.25, -0.2) is 14.8 Å². The van der Waals surface area contributed by atoms with Crippen molar-refractivity contribution in [2.45, 2.75) is 38.3 Å². The monoisotopic (exact) mass is 503 g/mol. The van der Waals surface area contributed by atoms with Crippen LogP contribution in [0.15, 0.2) is 30.7 Å². The number of aromatic nitrogens is 5. The highest BCUT2D eigenvalue weighted by atomic mass is 32.1. The van der Waals surface area contributed by atoms with Crippen molar-refractivity contribution in [1.82, 2.24) is 25.0 Å². The lowest BCUT2D eigenvalue weighted by Crippen LogP contribution is -2.23. The first-order chi connectivity index (χ1) is 16.6. The van der Waals surface area contributed by atoms with E-state index in [4.69, 9.17) is 4.74 Å². The van der Waals surface area contributed by atoms with Gasteiger partial charge in [0.1, 0.15) is 21.8 Å². The smallest absolute Gasteiger partial charge is 0.418 e. The average Bonchev–Trinajstić information content (AvgIpc) is 3.17. The van der Waals surface area contributed by atoms with Gasteiger partial charge in [0.05, 0.1) is 47.6 Å². The Morgan fingerprint density at radius 2 is 1.86 bits per heavy atom. The SMILES string of the molecule is COc1cc(-n2nccn2)c(C(F)(F)F)cc1NC(=O)Nc1cnc2sc(C)nc2c1C1(C)CC1. The van der Waals surface area contributed by atoms with E-state index in [2.05, 4.69) is 37.7 Å². The van der Waals surface area contributed by atoms with Crippen LogP contribution >= 0.6 is 11.3 Å². The van der Waals surface area contributed by atoms with Crippen LogP contribution in [0.5, 0.6) is 5.75 Å². The van der Waals surface area contributed by atoms with Crippen molar-refractivity contribution in [3.8, 4) is 11.4 Å². The number of carbonyl (C=O) groups excluding carboxylic acids is 1. The van der Waals surface area contributed by atoms with E-state index in [0.29, 0.717) is 5.69 Å². The zero-order valence-electron chi connectivity index (χ0n) is 18.9. The van der Waals surface area contributed by atoms with Gasteiger partial charge in [-0.3, -0.25) is 0 Å². The second-order valence-electron chi connectivity index (χ2n) is 8.46. The Morgan fingerprint density at radius 1 is 1.17 bits per heavy atom. The third-order valence-electron chi connectivity index (χ3n) is 5.89. The molecule has 182 valence electrons. The Balaban J connectivity index is 1.50. The molecule has 0 bridgehead atoms. The van der Waals surface area contributed by atoms with Crippen molar-refractivity contribution in [2.24, 2.45) is 0 Å². The third-order valence-corrected chi connectivity index (χ3v) is 6.77. The summed E-state index contributed by atoms with van der Waals surface area (Å²) < 4.78 is 46.7. The number of anilines is 2. The molecule has 9 nitrogen and oxygen atoms in total. The number of methoxy groups -OCH3 is 1. The molecule has 1 saturated carbocycles. The maximum atomic E-state index is 13.8. The molecule has 4 aromatic rings. The number of hydrogen-bond acceptors (Lipinski definition) is 7. The molecule has 5 rings (SSSR count). The Morgan fingerprint density at radius 3 is 2.49 bits per heavy atom. The number of nitrogens with one attached hydrogen (secondary N) is 2. The zero-order chi connectivity index (χ0) is 25.0. The van der Waals surface area contributed by atoms with E-state index in [9.17, 15) is 18.0 Å². The van der Waals surface area contributed by atoms with Gasteiger partial charge in [0.2, 0.25) is 0 Å². The van der Waals surface area contributed by atoms with Gasteiger partial charge < -0.3 is 15.4 Å². The predicted molar refractivity (Wildman–Crippen MR) is 124 cm³/mol. The summed E-state index contributed by atoms with van der Waals surface area (Å²) in [6.07, 6.45) is 1.23. The first kappa shape index (κ1) is 23.0. The minimum atomic E-state index is -4.73. The largest absolute Gasteiger partial charge is 0.494 e. The van der Waals surface area contributed by atoms with Gasteiger partial charge in [0.15, 0.2) is 0 Å². The highest BCUT2D eigenvalue weighted by Crippen LogP contribution is 2.52. The van der Waals surface area contributed by atoms with Gasteiger partial charge in [-0.15, -0.1) is 0 Å². The molecule has 0 saturated heterocycles. The van der Waals surface area contributed by atoms with Crippen LogP contribution in [0.4, 0.5) is 29.3 Å². The quantitative estimate of drug-likeness (QED) is 0.383. The molecule has 0 unspecified atom stereocenters. The number of aryl methyl sites for hydroxylation is 1. The molecule has 2 N–H and O–H groups in total. The second kappa shape index (κ2) is 8.18. The van der Waals surface area contributed by atoms with E-state index >= 15 is 0 Å². The van der Waals surface area contributed by atoms with Crippen LogP contribution in [0.2, 0.25) is 0 Å². The summed E-state index contributed by atoms with van der Waals surface area (Å²) in [7, 11) is 1.29. The lowest BCUT2D eigenvalue weighted by Gasteiger charge is -2.19. The number of pyridine rings is 1. The average molecular weight is 504 g/mol. The normalized spacial score (nSPS) is 14.7. The fourth-order valence-electron chi connectivity index (χ4n) is 3.97. The fraction of sp³-hybridized carbons (Fsp3) is 0.318. The minimum absolute atomic E-state index is 0.0125. The van der Waals surface area contributed by atoms with Crippen molar-refractivity contribution >= 4 is 39.1 Å². The van der Waals surface area contributed by atoms with E-state index in [1.165, 1.54) is 30.8 Å². The molecule has 1 aliphatic rings. The molecule has 1 aromatic carbocycles. The summed E-state index contributed by atoms with van der Waals surface area (Å²) in [5.74, 6) is 0.0125. The van der Waals surface area contributed by atoms with Crippen LogP contribution in [-0.4, -0.2) is 38.1 Å². The van der Waals surface area contributed by atoms with Crippen molar-refractivity contribution in [3.63, 3.8) is 0 Å². The van der Waals surface area contributed by atoms with E-state index in [0.717, 1.165) is 50.7 Å². The van der Waals surface area contributed by atoms with Crippen LogP contribution in [0.25, 0.3) is 16.0 Å². The molecular weight excluding hydrogens is 483 g/mol. The van der Waals surface area contributed by atoms with Crippen LogP contribution in [-0.2, 0) is 11.6 Å². The van der Waals surface area contributed by atoms with Gasteiger partial charge in [-0.05, 0) is 31.2 Å². The molecule has 35 heavy (non-hydrogen) atoms. The number of alkyl halides is 3. The Hall–Kier alpha value is -3.74. The number of nitrogens with zero attached hydrogens (tertiary/aromatic N) is 5. The van der Waals surface area contributed by atoms with Crippen LogP contribution in [0.1, 0.15) is 35.9 Å². The third kappa shape index (κ3) is 4.27. The molecule has 1 fully saturated rings. The van der Waals surface area contributed by atoms with Crippen LogP contribution in [0.3, 0.4) is 0 Å². The number of thiazole rings is 1. The molecule has 3 heterocycles. The van der Waals surface area contributed by atoms with Gasteiger partial charge in [0, 0.05) is 11.6 Å². The number of benzene rings is 1. The fourth-order valence-corrected chi connectivity index (χ4v) is 4.74. The van der Waals surface area contributed by atoms with Gasteiger partial charge >= 0.3 is 12.2 Å². The summed E-state index contributed by atoms with van der Waals surface area (Å²) in [4.78, 5) is 23.6. The molecule has 1 aliphatic carbocycles. The van der Waals surface area contributed by atoms with Crippen molar-refractivity contribution in [3.05, 3.63) is 46.9 Å². The predicted octanol–water partition coefficient (Wildman–Crippen LogP) is 5.30. The summed E-state index contributed by atoms with van der Waals surface area (Å²) in [6.45, 7) is 3.97. The minimum Gasteiger partial charge on any atom is -0.494 e. The highest BCUT2D eigenvalue weighted by molar-refractivity contribution is 7.18. The molecule has 0 spiro atoms. The number of urea groups is 1. The van der Waals surface area contributed by atoms with E-state index in [-0.39, 0.29) is 22.5 Å². The first-order valence-corrected chi connectivity index (χ1v) is 11.4. The highest BCUT2D eigenvalue weighted by Gasteiger charge is 2.43. The molecular formula is C22H20F3N7O2S. The van der Waals surface area contributed by atoms with Crippen molar-refractivity contribution < 1.29 is 22.7 Å². The maximum absolute atomic E-state index is 13.8. The molecule has 0 atom stereocenters. The number of amides is 2. The molecule has 3 aromatic heterocycles. The summed E-state index contributed by atoms with van der Waals surface area (Å²) in [6, 6.07) is 1.19. The molecule has 0 aliphatic heterocycles. The van der Waals surface area contributed by atoms with Gasteiger partial charge in [0.25, 0.3) is 0 Å². The lowest BCUT2D eigenvalue weighted by atomic mass is 9.96. The summed E-state index contributed by atoms with van der Waals surface area (Å²) in [5.41, 5.74) is 0.408. The lowest BCUT2D eigenvalue weighted by molar-refractivity contribution is -0.137. The van der Waals surface area contributed by atoms with E-state index in [1.54, 1.807) is 6.20 Å². The van der Waals surface area contributed by atoms with Crippen LogP contribution < -0.4 is 15.4 Å². The van der Waals surface area contributed by atoms with Gasteiger partial charge in [-0.2, -0.15) is 28.2 Å². The van der Waals surface area contributed by atoms with Crippen LogP contribution in [0, 0.1) is 6.92 Å². The van der Waals surface area contributed by atoms with E-state index in [1.807, 2.05) is 6.92 Å². The zero-order valence-corrected chi connectivity index (χ0v) is 19.7. The topological polar surface area (TPSA) is 107 Å². The number of carbonyl (C=O) groups is 1. The van der Waals surface area contributed by atoms with Crippen molar-refractivity contribution in [1.29, 1.82) is 0 Å². The standard InChI is InChI=1S/C22H20F3N7O2S/c1-11-29-18-17(21(2)4-5-21)14(10-26-19(18)35-11)31-20(33)30-13-8-12(22(23,24)25)15(9-16(13)34-3)32-27-6-7-28-32/h6-10H,4-5H2,1-3H3,(H2,30,31,33). The Labute approximate surface area is 201 Å². The number of ether oxygens (including phenoxy) is 1. The second-order valence-corrected chi connectivity index (χ2v) is 9.64. The number of halogens is 3. The molecule has 13 heteroatoms. The number of rotatable bonds is 5. The molecule has 2 amide bonds. The maximum Gasteiger partial charge on any atom is 0.418 e. The molecule has 0 radical (unpaired) electrons. The Bertz CT molecular complexity index is 1430. The van der Waals surface area contributed by atoms with Crippen molar-refractivity contribution in [2.75, 3.05) is 17.7 Å². The Kier molecular flexibility index (Phi) is 5.38. The van der Waals surface area contributed by atoms with Gasteiger partial charge in [-0.1, -0.05) is 18.3 Å². The summed E-state index contributed by atoms with van der Waals surface area (Å²) in [5, 5.41) is 13.6. The first-order valence-electron chi connectivity index (χ1n) is 10.6.